The van der Waals surface area contributed by atoms with E-state index in [1.54, 1.807) is 0 Å². The van der Waals surface area contributed by atoms with Gasteiger partial charge in [0.05, 0.1) is 26.3 Å². The summed E-state index contributed by atoms with van der Waals surface area (Å²) in [6, 6.07) is 0. The highest BCUT2D eigenvalue weighted by Gasteiger charge is 2.18. The smallest absolute Gasteiger partial charge is 0.0916 e. The maximum absolute atomic E-state index is 2.35. The van der Waals surface area contributed by atoms with Crippen molar-refractivity contribution in [2.24, 2.45) is 0 Å². The van der Waals surface area contributed by atoms with Crippen LogP contribution >= 0.6 is 0 Å². The predicted molar refractivity (Wildman–Crippen MR) is 44.6 cm³/mol. The van der Waals surface area contributed by atoms with Crippen LogP contribution in [0.1, 0.15) is 26.2 Å². The minimum Gasteiger partial charge on any atom is -0.300 e. The third-order valence-electron chi connectivity index (χ3n) is 2.24. The SMILES string of the molecule is CCC[N+]1(C)C=CCCC1. The molecular weight excluding hydrogens is 122 g/mol. The Morgan fingerprint density at radius 3 is 2.80 bits per heavy atom. The van der Waals surface area contributed by atoms with E-state index in [0.29, 0.717) is 0 Å². The van der Waals surface area contributed by atoms with Crippen LogP contribution in [0.3, 0.4) is 0 Å². The van der Waals surface area contributed by atoms with Crippen molar-refractivity contribution in [3.63, 3.8) is 0 Å². The highest BCUT2D eigenvalue weighted by Crippen LogP contribution is 2.13. The average Bonchev–Trinajstić information content (AvgIpc) is 1.89. The van der Waals surface area contributed by atoms with Crippen LogP contribution in [0.4, 0.5) is 0 Å². The number of hydrogen-bond donors (Lipinski definition) is 0. The molecule has 1 unspecified atom stereocenters. The fraction of sp³-hybridized carbons (Fsp3) is 0.778. The van der Waals surface area contributed by atoms with Gasteiger partial charge in [0.2, 0.25) is 0 Å². The summed E-state index contributed by atoms with van der Waals surface area (Å²) in [6.45, 7) is 4.90. The van der Waals surface area contributed by atoms with Gasteiger partial charge in [0.1, 0.15) is 0 Å². The number of quaternary nitrogens is 1. The Kier molecular flexibility index (Phi) is 2.50. The summed E-state index contributed by atoms with van der Waals surface area (Å²) in [5, 5.41) is 0. The van der Waals surface area contributed by atoms with E-state index in [0.717, 1.165) is 4.48 Å². The first kappa shape index (κ1) is 7.80. The molecule has 0 saturated heterocycles. The fourth-order valence-corrected chi connectivity index (χ4v) is 1.67. The summed E-state index contributed by atoms with van der Waals surface area (Å²) in [4.78, 5) is 0. The zero-order chi connectivity index (χ0) is 7.45. The third-order valence-corrected chi connectivity index (χ3v) is 2.24. The van der Waals surface area contributed by atoms with Crippen LogP contribution in [0.15, 0.2) is 12.3 Å². The average molecular weight is 140 g/mol. The van der Waals surface area contributed by atoms with Crippen molar-refractivity contribution in [3.05, 3.63) is 12.3 Å². The molecule has 0 bridgehead atoms. The lowest BCUT2D eigenvalue weighted by atomic mass is 10.2. The maximum Gasteiger partial charge on any atom is 0.0916 e. The molecule has 0 aliphatic carbocycles. The molecule has 0 amide bonds. The molecule has 1 rings (SSSR count). The lowest BCUT2D eigenvalue weighted by Crippen LogP contribution is -2.41. The van der Waals surface area contributed by atoms with Crippen molar-refractivity contribution < 1.29 is 4.48 Å². The number of rotatable bonds is 2. The maximum atomic E-state index is 2.35. The van der Waals surface area contributed by atoms with Crippen LogP contribution in [-0.2, 0) is 0 Å². The van der Waals surface area contributed by atoms with Gasteiger partial charge in [-0.05, 0) is 18.9 Å². The highest BCUT2D eigenvalue weighted by molar-refractivity contribution is 4.78. The Bertz CT molecular complexity index is 129. The van der Waals surface area contributed by atoms with Crippen LogP contribution < -0.4 is 0 Å². The van der Waals surface area contributed by atoms with Gasteiger partial charge in [-0.25, -0.2) is 0 Å². The second kappa shape index (κ2) is 3.20. The quantitative estimate of drug-likeness (QED) is 0.516. The van der Waals surface area contributed by atoms with Crippen molar-refractivity contribution in [1.82, 2.24) is 0 Å². The van der Waals surface area contributed by atoms with Crippen LogP contribution in [0.25, 0.3) is 0 Å². The molecule has 1 atom stereocenters. The van der Waals surface area contributed by atoms with E-state index in [2.05, 4.69) is 26.2 Å². The van der Waals surface area contributed by atoms with Crippen molar-refractivity contribution in [2.75, 3.05) is 20.1 Å². The third kappa shape index (κ3) is 1.84. The predicted octanol–water partition coefficient (Wildman–Crippen LogP) is 2.15. The van der Waals surface area contributed by atoms with E-state index < -0.39 is 0 Å². The molecule has 0 aromatic heterocycles. The molecule has 0 N–H and O–H groups in total. The molecule has 0 saturated carbocycles. The minimum atomic E-state index is 1.16. The van der Waals surface area contributed by atoms with Gasteiger partial charge in [0.25, 0.3) is 0 Å². The minimum absolute atomic E-state index is 1.16. The Labute approximate surface area is 63.9 Å². The second-order valence-electron chi connectivity index (χ2n) is 3.45. The lowest BCUT2D eigenvalue weighted by molar-refractivity contribution is -0.861. The largest absolute Gasteiger partial charge is 0.300 e. The van der Waals surface area contributed by atoms with Crippen molar-refractivity contribution in [2.45, 2.75) is 26.2 Å². The summed E-state index contributed by atoms with van der Waals surface area (Å²) >= 11 is 0. The van der Waals surface area contributed by atoms with Gasteiger partial charge in [0.15, 0.2) is 0 Å². The van der Waals surface area contributed by atoms with E-state index in [1.165, 1.54) is 32.4 Å². The van der Waals surface area contributed by atoms with Gasteiger partial charge < -0.3 is 0 Å². The second-order valence-corrected chi connectivity index (χ2v) is 3.45. The molecule has 0 aromatic carbocycles. The van der Waals surface area contributed by atoms with Gasteiger partial charge >= 0.3 is 0 Å². The standard InChI is InChI=1S/C9H18N/c1-3-7-10(2)8-5-4-6-9-10/h5,8H,3-4,6-7,9H2,1-2H3/q+1. The summed E-state index contributed by atoms with van der Waals surface area (Å²) < 4.78 is 1.16. The fourth-order valence-electron chi connectivity index (χ4n) is 1.67. The first-order valence-electron chi connectivity index (χ1n) is 4.29. The zero-order valence-electron chi connectivity index (χ0n) is 7.14. The molecule has 10 heavy (non-hydrogen) atoms. The molecule has 1 heterocycles. The molecule has 1 aliphatic rings. The lowest BCUT2D eigenvalue weighted by Gasteiger charge is -2.32. The number of hydrogen-bond acceptors (Lipinski definition) is 0. The molecule has 0 aromatic rings. The first-order chi connectivity index (χ1) is 4.77. The van der Waals surface area contributed by atoms with Gasteiger partial charge in [-0.2, -0.15) is 0 Å². The molecule has 0 spiro atoms. The number of nitrogens with zero attached hydrogens (tertiary/aromatic N) is 1. The molecule has 58 valence electrons. The summed E-state index contributed by atoms with van der Waals surface area (Å²) in [6.07, 6.45) is 8.62. The Morgan fingerprint density at radius 1 is 1.50 bits per heavy atom. The zero-order valence-corrected chi connectivity index (χ0v) is 7.14. The Balaban J connectivity index is 2.48. The normalized spacial score (nSPS) is 32.6. The van der Waals surface area contributed by atoms with Crippen molar-refractivity contribution >= 4 is 0 Å². The topological polar surface area (TPSA) is 0 Å². The van der Waals surface area contributed by atoms with E-state index in [4.69, 9.17) is 0 Å². The van der Waals surface area contributed by atoms with Gasteiger partial charge in [-0.15, -0.1) is 0 Å². The Morgan fingerprint density at radius 2 is 2.30 bits per heavy atom. The highest BCUT2D eigenvalue weighted by atomic mass is 15.3. The van der Waals surface area contributed by atoms with E-state index in [9.17, 15) is 0 Å². The van der Waals surface area contributed by atoms with E-state index >= 15 is 0 Å². The molecule has 1 heteroatoms. The first-order valence-corrected chi connectivity index (χ1v) is 4.29. The van der Waals surface area contributed by atoms with Crippen LogP contribution in [-0.4, -0.2) is 24.6 Å². The van der Waals surface area contributed by atoms with E-state index in [1.807, 2.05) is 0 Å². The van der Waals surface area contributed by atoms with Gasteiger partial charge in [0, 0.05) is 6.42 Å². The molecule has 1 aliphatic heterocycles. The van der Waals surface area contributed by atoms with Gasteiger partial charge in [-0.1, -0.05) is 6.92 Å². The number of allylic oxidation sites excluding steroid dienone is 1. The van der Waals surface area contributed by atoms with Gasteiger partial charge in [-0.3, -0.25) is 4.48 Å². The van der Waals surface area contributed by atoms with Crippen LogP contribution in [0, 0.1) is 0 Å². The summed E-state index contributed by atoms with van der Waals surface area (Å²) in [7, 11) is 2.32. The summed E-state index contributed by atoms with van der Waals surface area (Å²) in [5.74, 6) is 0. The molecule has 0 radical (unpaired) electrons. The van der Waals surface area contributed by atoms with Crippen molar-refractivity contribution in [1.29, 1.82) is 0 Å². The monoisotopic (exact) mass is 140 g/mol. The molecule has 1 nitrogen and oxygen atoms in total. The van der Waals surface area contributed by atoms with E-state index in [-0.39, 0.29) is 0 Å². The molecular formula is C9H18N+. The summed E-state index contributed by atoms with van der Waals surface area (Å²) in [5.41, 5.74) is 0. The van der Waals surface area contributed by atoms with Crippen molar-refractivity contribution in [3.8, 4) is 0 Å². The van der Waals surface area contributed by atoms with Crippen LogP contribution in [0.2, 0.25) is 0 Å². The Hall–Kier alpha value is -0.300. The molecule has 0 fully saturated rings. The van der Waals surface area contributed by atoms with Crippen LogP contribution in [0.5, 0.6) is 0 Å².